The molecular formula is C19H16N2O3S2. The molecule has 0 amide bonds. The van der Waals surface area contributed by atoms with E-state index in [9.17, 15) is 0 Å². The van der Waals surface area contributed by atoms with E-state index >= 15 is 0 Å². The van der Waals surface area contributed by atoms with Crippen LogP contribution < -0.4 is 9.47 Å². The van der Waals surface area contributed by atoms with Crippen molar-refractivity contribution in [3.05, 3.63) is 53.5 Å². The quantitative estimate of drug-likeness (QED) is 0.423. The summed E-state index contributed by atoms with van der Waals surface area (Å²) in [4.78, 5) is 9.19. The van der Waals surface area contributed by atoms with Crippen LogP contribution in [0.3, 0.4) is 0 Å². The number of benzene rings is 2. The molecule has 0 bridgehead atoms. The molecule has 0 radical (unpaired) electrons. The van der Waals surface area contributed by atoms with E-state index in [0.717, 1.165) is 27.4 Å². The van der Waals surface area contributed by atoms with E-state index in [1.807, 2.05) is 42.5 Å². The fourth-order valence-corrected chi connectivity index (χ4v) is 4.18. The molecule has 0 aliphatic carbocycles. The van der Waals surface area contributed by atoms with Crippen molar-refractivity contribution in [2.45, 2.75) is 11.0 Å². The Morgan fingerprint density at radius 2 is 1.88 bits per heavy atom. The highest BCUT2D eigenvalue weighted by molar-refractivity contribution is 7.98. The Balaban J connectivity index is 1.49. The van der Waals surface area contributed by atoms with Crippen molar-refractivity contribution in [2.24, 2.45) is 0 Å². The Labute approximate surface area is 159 Å². The van der Waals surface area contributed by atoms with Crippen LogP contribution in [0, 0.1) is 0 Å². The molecule has 0 fully saturated rings. The highest BCUT2D eigenvalue weighted by atomic mass is 32.2. The van der Waals surface area contributed by atoms with Crippen molar-refractivity contribution in [1.82, 2.24) is 9.97 Å². The molecule has 2 aromatic carbocycles. The minimum Gasteiger partial charge on any atom is -0.493 e. The number of ether oxygens (including phenoxy) is 2. The van der Waals surface area contributed by atoms with Crippen molar-refractivity contribution < 1.29 is 13.9 Å². The predicted molar refractivity (Wildman–Crippen MR) is 104 cm³/mol. The van der Waals surface area contributed by atoms with Gasteiger partial charge in [-0.2, -0.15) is 0 Å². The van der Waals surface area contributed by atoms with Crippen molar-refractivity contribution in [3.63, 3.8) is 0 Å². The molecule has 5 nitrogen and oxygen atoms in total. The molecule has 4 aromatic rings. The smallest absolute Gasteiger partial charge is 0.257 e. The van der Waals surface area contributed by atoms with Crippen molar-refractivity contribution in [3.8, 4) is 22.1 Å². The summed E-state index contributed by atoms with van der Waals surface area (Å²) in [6.07, 6.45) is 0. The summed E-state index contributed by atoms with van der Waals surface area (Å²) in [6, 6.07) is 13.6. The van der Waals surface area contributed by atoms with Crippen LogP contribution in [0.5, 0.6) is 11.5 Å². The van der Waals surface area contributed by atoms with Gasteiger partial charge in [-0.15, -0.1) is 11.3 Å². The summed E-state index contributed by atoms with van der Waals surface area (Å²) in [6.45, 7) is 0. The van der Waals surface area contributed by atoms with Gasteiger partial charge in [0.05, 0.1) is 19.9 Å². The number of thiazole rings is 1. The molecule has 2 heterocycles. The second-order valence-electron chi connectivity index (χ2n) is 5.45. The lowest BCUT2D eigenvalue weighted by Crippen LogP contribution is -1.90. The van der Waals surface area contributed by atoms with Crippen LogP contribution in [0.1, 0.15) is 5.69 Å². The minimum absolute atomic E-state index is 0.659. The molecule has 0 unspecified atom stereocenters. The van der Waals surface area contributed by atoms with E-state index in [2.05, 4.69) is 10.4 Å². The van der Waals surface area contributed by atoms with Gasteiger partial charge in [0.25, 0.3) is 5.22 Å². The second kappa shape index (κ2) is 7.39. The summed E-state index contributed by atoms with van der Waals surface area (Å²) in [5.41, 5.74) is 3.68. The third kappa shape index (κ3) is 3.40. The zero-order chi connectivity index (χ0) is 17.9. The first-order valence-electron chi connectivity index (χ1n) is 7.92. The van der Waals surface area contributed by atoms with E-state index in [-0.39, 0.29) is 0 Å². The van der Waals surface area contributed by atoms with E-state index in [1.54, 1.807) is 37.3 Å². The van der Waals surface area contributed by atoms with Gasteiger partial charge in [0.15, 0.2) is 17.1 Å². The number of para-hydroxylation sites is 2. The van der Waals surface area contributed by atoms with Crippen LogP contribution in [0.25, 0.3) is 21.7 Å². The van der Waals surface area contributed by atoms with Gasteiger partial charge < -0.3 is 13.9 Å². The summed E-state index contributed by atoms with van der Waals surface area (Å²) in [5.74, 6) is 2.11. The highest BCUT2D eigenvalue weighted by Gasteiger charge is 2.11. The summed E-state index contributed by atoms with van der Waals surface area (Å²) in [5, 5.41) is 3.66. The van der Waals surface area contributed by atoms with Gasteiger partial charge >= 0.3 is 0 Å². The number of methoxy groups -OCH3 is 2. The Morgan fingerprint density at radius 1 is 1.04 bits per heavy atom. The lowest BCUT2D eigenvalue weighted by atomic mass is 10.2. The third-order valence-electron chi connectivity index (χ3n) is 3.80. The van der Waals surface area contributed by atoms with Gasteiger partial charge in [-0.1, -0.05) is 23.9 Å². The van der Waals surface area contributed by atoms with Gasteiger partial charge in [-0.05, 0) is 30.3 Å². The average molecular weight is 384 g/mol. The molecule has 0 atom stereocenters. The molecule has 132 valence electrons. The highest BCUT2D eigenvalue weighted by Crippen LogP contribution is 2.34. The van der Waals surface area contributed by atoms with Gasteiger partial charge in [-0.3, -0.25) is 0 Å². The predicted octanol–water partition coefficient (Wildman–Crippen LogP) is 5.26. The molecule has 7 heteroatoms. The molecule has 0 aliphatic rings. The Morgan fingerprint density at radius 3 is 2.69 bits per heavy atom. The summed E-state index contributed by atoms with van der Waals surface area (Å²) < 4.78 is 16.4. The lowest BCUT2D eigenvalue weighted by Gasteiger charge is -2.08. The maximum absolute atomic E-state index is 5.73. The number of thioether (sulfide) groups is 1. The fourth-order valence-electron chi connectivity index (χ4n) is 2.52. The first kappa shape index (κ1) is 16.9. The molecule has 4 rings (SSSR count). The Kier molecular flexibility index (Phi) is 4.81. The number of oxazole rings is 1. The van der Waals surface area contributed by atoms with E-state index in [0.29, 0.717) is 22.5 Å². The molecular weight excluding hydrogens is 368 g/mol. The number of aromatic nitrogens is 2. The largest absolute Gasteiger partial charge is 0.493 e. The van der Waals surface area contributed by atoms with Gasteiger partial charge in [0.1, 0.15) is 10.5 Å². The normalized spacial score (nSPS) is 11.0. The van der Waals surface area contributed by atoms with Crippen molar-refractivity contribution in [1.29, 1.82) is 0 Å². The zero-order valence-corrected chi connectivity index (χ0v) is 15.9. The van der Waals surface area contributed by atoms with E-state index in [4.69, 9.17) is 18.9 Å². The minimum atomic E-state index is 0.659. The van der Waals surface area contributed by atoms with Crippen LogP contribution in [0.4, 0.5) is 0 Å². The molecule has 0 aliphatic heterocycles. The standard InChI is InChI=1S/C19H16N2O3S2/c1-22-16-8-7-12(9-17(16)23-2)18-20-13(10-25-18)11-26-19-21-14-5-3-4-6-15(14)24-19/h3-10H,11H2,1-2H3. The third-order valence-corrected chi connectivity index (χ3v) is 5.60. The van der Waals surface area contributed by atoms with E-state index < -0.39 is 0 Å². The van der Waals surface area contributed by atoms with Crippen molar-refractivity contribution >= 4 is 34.2 Å². The van der Waals surface area contributed by atoms with Crippen LogP contribution in [0.15, 0.2) is 57.5 Å². The first-order chi connectivity index (χ1) is 12.8. The summed E-state index contributed by atoms with van der Waals surface area (Å²) >= 11 is 3.15. The van der Waals surface area contributed by atoms with Crippen LogP contribution >= 0.6 is 23.1 Å². The topological polar surface area (TPSA) is 57.4 Å². The van der Waals surface area contributed by atoms with Crippen LogP contribution in [0.2, 0.25) is 0 Å². The van der Waals surface area contributed by atoms with E-state index in [1.165, 1.54) is 0 Å². The van der Waals surface area contributed by atoms with Crippen LogP contribution in [-0.4, -0.2) is 24.2 Å². The Hall–Kier alpha value is -2.51. The monoisotopic (exact) mass is 384 g/mol. The number of hydrogen-bond donors (Lipinski definition) is 0. The van der Waals surface area contributed by atoms with Gasteiger partial charge in [0, 0.05) is 16.7 Å². The van der Waals surface area contributed by atoms with Crippen molar-refractivity contribution in [2.75, 3.05) is 14.2 Å². The van der Waals surface area contributed by atoms with Gasteiger partial charge in [0.2, 0.25) is 0 Å². The molecule has 0 N–H and O–H groups in total. The number of nitrogens with zero attached hydrogens (tertiary/aromatic N) is 2. The Bertz CT molecular complexity index is 1010. The first-order valence-corrected chi connectivity index (χ1v) is 9.78. The average Bonchev–Trinajstić information content (AvgIpc) is 3.32. The molecule has 26 heavy (non-hydrogen) atoms. The molecule has 0 saturated carbocycles. The molecule has 2 aromatic heterocycles. The second-order valence-corrected chi connectivity index (χ2v) is 7.23. The number of hydrogen-bond acceptors (Lipinski definition) is 7. The lowest BCUT2D eigenvalue weighted by molar-refractivity contribution is 0.355. The zero-order valence-electron chi connectivity index (χ0n) is 14.3. The van der Waals surface area contributed by atoms with Crippen LogP contribution in [-0.2, 0) is 5.75 Å². The number of rotatable bonds is 6. The summed E-state index contributed by atoms with van der Waals surface area (Å²) in [7, 11) is 3.26. The maximum atomic E-state index is 5.73. The molecule has 0 spiro atoms. The fraction of sp³-hybridized carbons (Fsp3) is 0.158. The molecule has 0 saturated heterocycles. The number of fused-ring (bicyclic) bond motifs is 1. The van der Waals surface area contributed by atoms with Gasteiger partial charge in [-0.25, -0.2) is 9.97 Å². The maximum Gasteiger partial charge on any atom is 0.257 e. The SMILES string of the molecule is COc1ccc(-c2nc(CSc3nc4ccccc4o3)cs2)cc1OC.